The van der Waals surface area contributed by atoms with E-state index in [1.54, 1.807) is 0 Å². The highest BCUT2D eigenvalue weighted by Crippen LogP contribution is 2.17. The molecule has 0 aliphatic rings. The fourth-order valence-corrected chi connectivity index (χ4v) is 2.59. The maximum absolute atomic E-state index is 11.8. The van der Waals surface area contributed by atoms with Gasteiger partial charge in [-0.1, -0.05) is 27.7 Å². The third kappa shape index (κ3) is 6.92. The van der Waals surface area contributed by atoms with Crippen molar-refractivity contribution >= 4 is 5.91 Å². The minimum Gasteiger partial charge on any atom is -0.356 e. The molecule has 1 atom stereocenters. The van der Waals surface area contributed by atoms with Crippen molar-refractivity contribution in [3.63, 3.8) is 0 Å². The first-order valence-corrected chi connectivity index (χ1v) is 7.72. The smallest absolute Gasteiger partial charge is 0.221 e. The molecule has 0 aromatic heterocycles. The van der Waals surface area contributed by atoms with Gasteiger partial charge in [0, 0.05) is 38.1 Å². The molecule has 0 rings (SSSR count). The summed E-state index contributed by atoms with van der Waals surface area (Å²) in [7, 11) is 0. The summed E-state index contributed by atoms with van der Waals surface area (Å²) in [5, 5.41) is 2.87. The van der Waals surface area contributed by atoms with Gasteiger partial charge in [0.25, 0.3) is 0 Å². The molecule has 0 fully saturated rings. The third-order valence-corrected chi connectivity index (χ3v) is 3.52. The molecule has 0 heterocycles. The van der Waals surface area contributed by atoms with Gasteiger partial charge >= 0.3 is 0 Å². The zero-order valence-corrected chi connectivity index (χ0v) is 13.4. The number of hydrogen-bond donors (Lipinski definition) is 2. The number of amides is 1. The predicted molar refractivity (Wildman–Crippen MR) is 82.1 cm³/mol. The van der Waals surface area contributed by atoms with Gasteiger partial charge in [-0.25, -0.2) is 0 Å². The molecule has 0 aliphatic carbocycles. The Kier molecular flexibility index (Phi) is 9.88. The minimum absolute atomic E-state index is 0.109. The fourth-order valence-electron chi connectivity index (χ4n) is 2.59. The number of carbonyl (C=O) groups excluding carboxylic acids is 1. The zero-order valence-electron chi connectivity index (χ0n) is 13.4. The van der Waals surface area contributed by atoms with Gasteiger partial charge in [0.2, 0.25) is 5.91 Å². The topological polar surface area (TPSA) is 58.4 Å². The summed E-state index contributed by atoms with van der Waals surface area (Å²) < 4.78 is 0. The number of nitrogens with two attached hydrogens (primary N) is 1. The van der Waals surface area contributed by atoms with Gasteiger partial charge in [-0.2, -0.15) is 0 Å². The highest BCUT2D eigenvalue weighted by molar-refractivity contribution is 5.76. The van der Waals surface area contributed by atoms with Crippen molar-refractivity contribution in [3.8, 4) is 0 Å². The summed E-state index contributed by atoms with van der Waals surface area (Å²) in [6.07, 6.45) is 2.72. The van der Waals surface area contributed by atoms with Crippen molar-refractivity contribution in [2.24, 2.45) is 11.7 Å². The van der Waals surface area contributed by atoms with E-state index < -0.39 is 0 Å². The zero-order chi connectivity index (χ0) is 14.8. The quantitative estimate of drug-likeness (QED) is 0.639. The summed E-state index contributed by atoms with van der Waals surface area (Å²) in [6, 6.07) is 0.671. The van der Waals surface area contributed by atoms with Crippen molar-refractivity contribution in [3.05, 3.63) is 0 Å². The van der Waals surface area contributed by atoms with Crippen LogP contribution < -0.4 is 11.1 Å². The summed E-state index contributed by atoms with van der Waals surface area (Å²) in [5.41, 5.74) is 5.92. The largest absolute Gasteiger partial charge is 0.356 e. The van der Waals surface area contributed by atoms with Gasteiger partial charge in [-0.3, -0.25) is 9.69 Å². The van der Waals surface area contributed by atoms with Crippen molar-refractivity contribution < 1.29 is 4.79 Å². The first-order valence-electron chi connectivity index (χ1n) is 7.72. The molecule has 0 aromatic carbocycles. The van der Waals surface area contributed by atoms with Crippen LogP contribution in [0.3, 0.4) is 0 Å². The van der Waals surface area contributed by atoms with E-state index in [2.05, 4.69) is 37.9 Å². The summed E-state index contributed by atoms with van der Waals surface area (Å²) in [5.74, 6) is 0.696. The monoisotopic (exact) mass is 271 g/mol. The van der Waals surface area contributed by atoms with E-state index in [4.69, 9.17) is 5.73 Å². The van der Waals surface area contributed by atoms with Gasteiger partial charge in [0.1, 0.15) is 0 Å². The van der Waals surface area contributed by atoms with E-state index in [9.17, 15) is 4.79 Å². The normalized spacial score (nSPS) is 13.3. The van der Waals surface area contributed by atoms with E-state index in [1.165, 1.54) is 0 Å². The lowest BCUT2D eigenvalue weighted by molar-refractivity contribution is -0.122. The summed E-state index contributed by atoms with van der Waals surface area (Å²) in [6.45, 7) is 13.0. The molecule has 1 unspecified atom stereocenters. The van der Waals surface area contributed by atoms with Crippen LogP contribution >= 0.6 is 0 Å². The standard InChI is InChI=1S/C15H33N3O/c1-6-13(7-2)18(11-12(4)5)14(10-16)9-15(19)17-8-3/h12-14H,6-11,16H2,1-5H3,(H,17,19). The number of nitrogens with one attached hydrogen (secondary N) is 1. The highest BCUT2D eigenvalue weighted by Gasteiger charge is 2.25. The van der Waals surface area contributed by atoms with Crippen LogP contribution in [0.15, 0.2) is 0 Å². The van der Waals surface area contributed by atoms with Crippen LogP contribution in [-0.2, 0) is 4.79 Å². The fraction of sp³-hybridized carbons (Fsp3) is 0.933. The van der Waals surface area contributed by atoms with Crippen LogP contribution in [0.1, 0.15) is 53.9 Å². The lowest BCUT2D eigenvalue weighted by Gasteiger charge is -2.38. The first-order chi connectivity index (χ1) is 8.99. The van der Waals surface area contributed by atoms with Gasteiger partial charge in [0.15, 0.2) is 0 Å². The molecule has 0 aromatic rings. The Morgan fingerprint density at radius 2 is 1.74 bits per heavy atom. The molecule has 0 saturated carbocycles. The van der Waals surface area contributed by atoms with Crippen LogP contribution in [0.5, 0.6) is 0 Å². The molecule has 4 nitrogen and oxygen atoms in total. The van der Waals surface area contributed by atoms with Crippen LogP contribution in [0, 0.1) is 5.92 Å². The van der Waals surface area contributed by atoms with Crippen molar-refractivity contribution in [2.75, 3.05) is 19.6 Å². The molecule has 0 radical (unpaired) electrons. The lowest BCUT2D eigenvalue weighted by Crippen LogP contribution is -2.50. The van der Waals surface area contributed by atoms with Crippen molar-refractivity contribution in [1.82, 2.24) is 10.2 Å². The molecular weight excluding hydrogens is 238 g/mol. The maximum atomic E-state index is 11.8. The van der Waals surface area contributed by atoms with E-state index >= 15 is 0 Å². The average molecular weight is 271 g/mol. The summed E-state index contributed by atoms with van der Waals surface area (Å²) in [4.78, 5) is 14.3. The Morgan fingerprint density at radius 1 is 1.16 bits per heavy atom. The van der Waals surface area contributed by atoms with Gasteiger partial charge in [-0.15, -0.1) is 0 Å². The number of nitrogens with zero attached hydrogens (tertiary/aromatic N) is 1. The predicted octanol–water partition coefficient (Wildman–Crippen LogP) is 1.99. The van der Waals surface area contributed by atoms with E-state index in [0.717, 1.165) is 19.4 Å². The Balaban J connectivity index is 4.79. The molecule has 19 heavy (non-hydrogen) atoms. The second-order valence-corrected chi connectivity index (χ2v) is 5.61. The summed E-state index contributed by atoms with van der Waals surface area (Å²) >= 11 is 0. The van der Waals surface area contributed by atoms with Crippen LogP contribution in [0.25, 0.3) is 0 Å². The SMILES string of the molecule is CCNC(=O)CC(CN)N(CC(C)C)C(CC)CC. The van der Waals surface area contributed by atoms with E-state index in [1.807, 2.05) is 6.92 Å². The number of hydrogen-bond acceptors (Lipinski definition) is 3. The second-order valence-electron chi connectivity index (χ2n) is 5.61. The van der Waals surface area contributed by atoms with Crippen LogP contribution in [0.4, 0.5) is 0 Å². The van der Waals surface area contributed by atoms with Crippen molar-refractivity contribution in [2.45, 2.75) is 66.0 Å². The maximum Gasteiger partial charge on any atom is 0.221 e. The first kappa shape index (κ1) is 18.4. The van der Waals surface area contributed by atoms with E-state index in [0.29, 0.717) is 31.5 Å². The Hall–Kier alpha value is -0.610. The molecule has 114 valence electrons. The van der Waals surface area contributed by atoms with Crippen LogP contribution in [-0.4, -0.2) is 42.5 Å². The number of carbonyl (C=O) groups is 1. The Labute approximate surface area is 119 Å². The molecule has 0 saturated heterocycles. The molecule has 0 aliphatic heterocycles. The third-order valence-electron chi connectivity index (χ3n) is 3.52. The van der Waals surface area contributed by atoms with E-state index in [-0.39, 0.29) is 11.9 Å². The van der Waals surface area contributed by atoms with Crippen molar-refractivity contribution in [1.29, 1.82) is 0 Å². The molecule has 1 amide bonds. The minimum atomic E-state index is 0.109. The molecule has 4 heteroatoms. The second kappa shape index (κ2) is 10.2. The highest BCUT2D eigenvalue weighted by atomic mass is 16.1. The van der Waals surface area contributed by atoms with Gasteiger partial charge in [-0.05, 0) is 25.7 Å². The van der Waals surface area contributed by atoms with Gasteiger partial charge < -0.3 is 11.1 Å². The average Bonchev–Trinajstić information content (AvgIpc) is 2.36. The molecular formula is C15H33N3O. The van der Waals surface area contributed by atoms with Gasteiger partial charge in [0.05, 0.1) is 0 Å². The molecule has 0 spiro atoms. The molecule has 0 bridgehead atoms. The molecule has 3 N–H and O–H groups in total. The Bertz CT molecular complexity index is 240. The number of rotatable bonds is 10. The van der Waals surface area contributed by atoms with Crippen LogP contribution in [0.2, 0.25) is 0 Å². The lowest BCUT2D eigenvalue weighted by atomic mass is 10.0. The Morgan fingerprint density at radius 3 is 2.11 bits per heavy atom.